The fourth-order valence-electron chi connectivity index (χ4n) is 2.62. The molecule has 20 heavy (non-hydrogen) atoms. The predicted octanol–water partition coefficient (Wildman–Crippen LogP) is 3.40. The number of hydrogen-bond donors (Lipinski definition) is 1. The van der Waals surface area contributed by atoms with Gasteiger partial charge in [-0.25, -0.2) is 0 Å². The van der Waals surface area contributed by atoms with Gasteiger partial charge in [-0.15, -0.1) is 0 Å². The highest BCUT2D eigenvalue weighted by molar-refractivity contribution is 5.67. The summed E-state index contributed by atoms with van der Waals surface area (Å²) in [7, 11) is 0. The zero-order valence-electron chi connectivity index (χ0n) is 13.4. The lowest BCUT2D eigenvalue weighted by molar-refractivity contribution is -0.312. The number of rotatable bonds is 15. The largest absolute Gasteiger partial charge is 0.550 e. The Bertz CT molecular complexity index is 219. The van der Waals surface area contributed by atoms with E-state index in [-0.39, 0.29) is 5.92 Å². The molecule has 0 aromatic heterocycles. The molecule has 0 aromatic carbocycles. The first-order valence-corrected chi connectivity index (χ1v) is 8.63. The monoisotopic (exact) mass is 284 g/mol. The van der Waals surface area contributed by atoms with Gasteiger partial charge in [0.25, 0.3) is 0 Å². The summed E-state index contributed by atoms with van der Waals surface area (Å²) in [6.07, 6.45) is 14.8. The molecule has 0 saturated carbocycles. The highest BCUT2D eigenvalue weighted by atomic mass is 16.4. The molecule has 0 amide bonds. The van der Waals surface area contributed by atoms with Crippen LogP contribution in [0.5, 0.6) is 0 Å². The average Bonchev–Trinajstić information content (AvgIpc) is 2.43. The van der Waals surface area contributed by atoms with Crippen LogP contribution < -0.4 is 10.8 Å². The van der Waals surface area contributed by atoms with E-state index in [0.29, 0.717) is 6.54 Å². The molecule has 0 fully saturated rings. The van der Waals surface area contributed by atoms with Gasteiger partial charge in [0.1, 0.15) is 0 Å². The zero-order valence-corrected chi connectivity index (χ0v) is 13.4. The van der Waals surface area contributed by atoms with Gasteiger partial charge in [0, 0.05) is 5.97 Å². The van der Waals surface area contributed by atoms with Gasteiger partial charge in [-0.2, -0.15) is 0 Å². The Hall–Kier alpha value is -0.570. The number of aliphatic carboxylic acids is 1. The topological polar surface area (TPSA) is 66.2 Å². The lowest BCUT2D eigenvalue weighted by Crippen LogP contribution is -2.31. The maximum Gasteiger partial charge on any atom is 0.0445 e. The van der Waals surface area contributed by atoms with Crippen LogP contribution in [0.1, 0.15) is 90.4 Å². The third-order valence-corrected chi connectivity index (χ3v) is 4.00. The quantitative estimate of drug-likeness (QED) is 0.469. The molecular weight excluding hydrogens is 250 g/mol. The van der Waals surface area contributed by atoms with Gasteiger partial charge in [0.05, 0.1) is 0 Å². The Morgan fingerprint density at radius 1 is 0.850 bits per heavy atom. The number of nitrogens with two attached hydrogens (primary N) is 1. The van der Waals surface area contributed by atoms with Crippen LogP contribution in [0.15, 0.2) is 0 Å². The summed E-state index contributed by atoms with van der Waals surface area (Å²) in [6.45, 7) is 2.89. The van der Waals surface area contributed by atoms with Crippen LogP contribution in [-0.4, -0.2) is 12.5 Å². The maximum absolute atomic E-state index is 11.0. The molecule has 0 radical (unpaired) electrons. The molecule has 0 aliphatic rings. The Morgan fingerprint density at radius 2 is 1.30 bits per heavy atom. The summed E-state index contributed by atoms with van der Waals surface area (Å²) in [5, 5.41) is 11.0. The molecule has 2 N–H and O–H groups in total. The SMILES string of the molecule is CCCCCCCCCCCC(CCCCN)C(=O)[O-]. The van der Waals surface area contributed by atoms with E-state index in [1.807, 2.05) is 0 Å². The van der Waals surface area contributed by atoms with E-state index in [1.54, 1.807) is 0 Å². The standard InChI is InChI=1S/C17H35NO2/c1-2-3-4-5-6-7-8-9-10-13-16(17(19)20)14-11-12-15-18/h16H,2-15,18H2,1H3,(H,19,20)/p-1. The Labute approximate surface area is 125 Å². The number of carbonyl (C=O) groups is 1. The normalized spacial score (nSPS) is 12.5. The number of unbranched alkanes of at least 4 members (excludes halogenated alkanes) is 9. The van der Waals surface area contributed by atoms with Crippen LogP contribution in [0.3, 0.4) is 0 Å². The molecule has 120 valence electrons. The summed E-state index contributed by atoms with van der Waals surface area (Å²) in [5.41, 5.74) is 5.43. The molecular formula is C17H34NO2-. The van der Waals surface area contributed by atoms with Gasteiger partial charge in [-0.05, 0) is 31.7 Å². The van der Waals surface area contributed by atoms with Crippen molar-refractivity contribution < 1.29 is 9.90 Å². The Kier molecular flexibility index (Phi) is 14.4. The second-order valence-corrected chi connectivity index (χ2v) is 5.92. The van der Waals surface area contributed by atoms with Crippen LogP contribution in [0.4, 0.5) is 0 Å². The first kappa shape index (κ1) is 19.4. The van der Waals surface area contributed by atoms with Crippen LogP contribution in [-0.2, 0) is 4.79 Å². The van der Waals surface area contributed by atoms with Crippen molar-refractivity contribution in [3.8, 4) is 0 Å². The van der Waals surface area contributed by atoms with E-state index in [2.05, 4.69) is 6.92 Å². The molecule has 0 aliphatic heterocycles. The number of carbonyl (C=O) groups excluding carboxylic acids is 1. The lowest BCUT2D eigenvalue weighted by Gasteiger charge is -2.17. The second-order valence-electron chi connectivity index (χ2n) is 5.92. The summed E-state index contributed by atoms with van der Waals surface area (Å²) in [5.74, 6) is -1.13. The van der Waals surface area contributed by atoms with Gasteiger partial charge >= 0.3 is 0 Å². The summed E-state index contributed by atoms with van der Waals surface area (Å²) in [6, 6.07) is 0. The van der Waals surface area contributed by atoms with Crippen molar-refractivity contribution in [2.24, 2.45) is 11.7 Å². The fraction of sp³-hybridized carbons (Fsp3) is 0.941. The molecule has 0 aliphatic carbocycles. The van der Waals surface area contributed by atoms with E-state index in [1.165, 1.54) is 44.9 Å². The van der Waals surface area contributed by atoms with Crippen LogP contribution in [0.2, 0.25) is 0 Å². The molecule has 0 saturated heterocycles. The first-order valence-electron chi connectivity index (χ1n) is 8.63. The van der Waals surface area contributed by atoms with Gasteiger partial charge in [0.15, 0.2) is 0 Å². The highest BCUT2D eigenvalue weighted by Crippen LogP contribution is 2.17. The van der Waals surface area contributed by atoms with Crippen molar-refractivity contribution in [1.82, 2.24) is 0 Å². The van der Waals surface area contributed by atoms with E-state index in [0.717, 1.165) is 38.5 Å². The summed E-state index contributed by atoms with van der Waals surface area (Å²) < 4.78 is 0. The van der Waals surface area contributed by atoms with Crippen LogP contribution in [0.25, 0.3) is 0 Å². The van der Waals surface area contributed by atoms with Gasteiger partial charge in [0.2, 0.25) is 0 Å². The first-order chi connectivity index (χ1) is 9.72. The maximum atomic E-state index is 11.0. The van der Waals surface area contributed by atoms with Crippen molar-refractivity contribution in [3.63, 3.8) is 0 Å². The van der Waals surface area contributed by atoms with E-state index >= 15 is 0 Å². The molecule has 0 aromatic rings. The Balaban J connectivity index is 3.42. The van der Waals surface area contributed by atoms with Crippen molar-refractivity contribution >= 4 is 5.97 Å². The van der Waals surface area contributed by atoms with Crippen molar-refractivity contribution in [2.45, 2.75) is 90.4 Å². The van der Waals surface area contributed by atoms with Gasteiger partial charge in [-0.1, -0.05) is 71.1 Å². The molecule has 0 bridgehead atoms. The molecule has 0 rings (SSSR count). The van der Waals surface area contributed by atoms with Crippen molar-refractivity contribution in [2.75, 3.05) is 6.54 Å². The van der Waals surface area contributed by atoms with Crippen LogP contribution in [0, 0.1) is 5.92 Å². The highest BCUT2D eigenvalue weighted by Gasteiger charge is 2.09. The van der Waals surface area contributed by atoms with E-state index < -0.39 is 5.97 Å². The third kappa shape index (κ3) is 12.5. The predicted molar refractivity (Wildman–Crippen MR) is 83.2 cm³/mol. The fourth-order valence-corrected chi connectivity index (χ4v) is 2.62. The molecule has 1 unspecified atom stereocenters. The summed E-state index contributed by atoms with van der Waals surface area (Å²) >= 11 is 0. The average molecular weight is 284 g/mol. The number of carboxylic acid groups (broad SMARTS) is 1. The smallest absolute Gasteiger partial charge is 0.0445 e. The second kappa shape index (κ2) is 14.8. The third-order valence-electron chi connectivity index (χ3n) is 4.00. The van der Waals surface area contributed by atoms with Gasteiger partial charge < -0.3 is 15.6 Å². The zero-order chi connectivity index (χ0) is 15.1. The Morgan fingerprint density at radius 3 is 1.75 bits per heavy atom. The van der Waals surface area contributed by atoms with Crippen LogP contribution >= 0.6 is 0 Å². The number of carboxylic acids is 1. The molecule has 3 nitrogen and oxygen atoms in total. The lowest BCUT2D eigenvalue weighted by atomic mass is 9.95. The minimum Gasteiger partial charge on any atom is -0.550 e. The molecule has 3 heteroatoms. The minimum absolute atomic E-state index is 0.258. The van der Waals surface area contributed by atoms with Gasteiger partial charge in [-0.3, -0.25) is 0 Å². The van der Waals surface area contributed by atoms with Crippen molar-refractivity contribution in [3.05, 3.63) is 0 Å². The molecule has 1 atom stereocenters. The number of hydrogen-bond acceptors (Lipinski definition) is 3. The molecule has 0 spiro atoms. The minimum atomic E-state index is -0.874. The van der Waals surface area contributed by atoms with E-state index in [9.17, 15) is 9.90 Å². The summed E-state index contributed by atoms with van der Waals surface area (Å²) in [4.78, 5) is 11.0. The molecule has 0 heterocycles. The van der Waals surface area contributed by atoms with E-state index in [4.69, 9.17) is 5.73 Å². The van der Waals surface area contributed by atoms with Crippen molar-refractivity contribution in [1.29, 1.82) is 0 Å².